The van der Waals surface area contributed by atoms with Crippen molar-refractivity contribution in [1.29, 1.82) is 0 Å². The Hall–Kier alpha value is -1.36. The van der Waals surface area contributed by atoms with Gasteiger partial charge < -0.3 is 10.2 Å². The van der Waals surface area contributed by atoms with Crippen LogP contribution in [-0.2, 0) is 16.1 Å². The molecule has 1 aromatic heterocycles. The maximum Gasteiger partial charge on any atom is 0.242 e. The van der Waals surface area contributed by atoms with Crippen molar-refractivity contribution >= 4 is 23.2 Å². The second kappa shape index (κ2) is 4.65. The van der Waals surface area contributed by atoms with Crippen LogP contribution in [0.1, 0.15) is 17.5 Å². The molecule has 1 aliphatic rings. The Morgan fingerprint density at radius 2 is 2.25 bits per heavy atom. The van der Waals surface area contributed by atoms with Gasteiger partial charge in [-0.3, -0.25) is 9.59 Å². The van der Waals surface area contributed by atoms with E-state index in [0.717, 1.165) is 0 Å². The van der Waals surface area contributed by atoms with Crippen LogP contribution in [0.4, 0.5) is 0 Å². The smallest absolute Gasteiger partial charge is 0.242 e. The summed E-state index contributed by atoms with van der Waals surface area (Å²) in [4.78, 5) is 24.6. The molecule has 2 rings (SSSR count). The molecule has 0 aromatic carbocycles. The number of aryl methyl sites for hydroxylation is 1. The lowest BCUT2D eigenvalue weighted by atomic mass is 10.2. The Labute approximate surface area is 98.3 Å². The van der Waals surface area contributed by atoms with Gasteiger partial charge in [-0.2, -0.15) is 11.3 Å². The minimum atomic E-state index is -0.0436. The lowest BCUT2D eigenvalue weighted by Crippen LogP contribution is -2.34. The van der Waals surface area contributed by atoms with Crippen molar-refractivity contribution in [3.05, 3.63) is 21.9 Å². The molecule has 1 aliphatic heterocycles. The number of hydrogen-bond donors (Lipinski definition) is 1. The van der Waals surface area contributed by atoms with E-state index in [-0.39, 0.29) is 18.4 Å². The molecule has 0 unspecified atom stereocenters. The molecule has 2 amide bonds. The van der Waals surface area contributed by atoms with Gasteiger partial charge in [0.1, 0.15) is 0 Å². The van der Waals surface area contributed by atoms with Crippen molar-refractivity contribution in [1.82, 2.24) is 10.2 Å². The highest BCUT2D eigenvalue weighted by Crippen LogP contribution is 2.16. The zero-order valence-corrected chi connectivity index (χ0v) is 9.97. The Morgan fingerprint density at radius 3 is 2.94 bits per heavy atom. The summed E-state index contributed by atoms with van der Waals surface area (Å²) in [6.07, 6.45) is 0.398. The lowest BCUT2D eigenvalue weighted by Gasteiger charge is -2.19. The summed E-state index contributed by atoms with van der Waals surface area (Å²) >= 11 is 1.64. The molecule has 1 fully saturated rings. The van der Waals surface area contributed by atoms with E-state index in [0.29, 0.717) is 19.5 Å². The summed E-state index contributed by atoms with van der Waals surface area (Å²) in [7, 11) is 0. The van der Waals surface area contributed by atoms with E-state index in [9.17, 15) is 9.59 Å². The van der Waals surface area contributed by atoms with E-state index in [1.807, 2.05) is 6.92 Å². The maximum absolute atomic E-state index is 11.7. The van der Waals surface area contributed by atoms with E-state index in [1.165, 1.54) is 11.1 Å². The third-order valence-electron chi connectivity index (χ3n) is 2.72. The fraction of sp³-hybridized carbons (Fsp3) is 0.455. The lowest BCUT2D eigenvalue weighted by molar-refractivity contribution is -0.130. The number of nitrogens with zero attached hydrogens (tertiary/aromatic N) is 1. The van der Waals surface area contributed by atoms with E-state index in [4.69, 9.17) is 0 Å². The van der Waals surface area contributed by atoms with Crippen LogP contribution in [0, 0.1) is 6.92 Å². The summed E-state index contributed by atoms with van der Waals surface area (Å²) < 4.78 is 0. The monoisotopic (exact) mass is 238 g/mol. The molecule has 0 bridgehead atoms. The molecule has 16 heavy (non-hydrogen) atoms. The zero-order valence-electron chi connectivity index (χ0n) is 9.16. The van der Waals surface area contributed by atoms with Gasteiger partial charge in [0, 0.05) is 19.5 Å². The molecule has 86 valence electrons. The molecule has 0 radical (unpaired) electrons. The number of rotatable bonds is 2. The average Bonchev–Trinajstić information content (AvgIpc) is 2.59. The normalized spacial score (nSPS) is 17.2. The minimum Gasteiger partial charge on any atom is -0.347 e. The highest BCUT2D eigenvalue weighted by Gasteiger charge is 2.20. The van der Waals surface area contributed by atoms with Crippen molar-refractivity contribution in [3.63, 3.8) is 0 Å². The molecule has 0 saturated carbocycles. The van der Waals surface area contributed by atoms with Crippen LogP contribution in [-0.4, -0.2) is 29.8 Å². The molecule has 1 saturated heterocycles. The second-order valence-corrected chi connectivity index (χ2v) is 4.67. The maximum atomic E-state index is 11.7. The van der Waals surface area contributed by atoms with Gasteiger partial charge in [0.15, 0.2) is 0 Å². The van der Waals surface area contributed by atoms with Gasteiger partial charge in [0.2, 0.25) is 11.8 Å². The highest BCUT2D eigenvalue weighted by molar-refractivity contribution is 7.08. The predicted octanol–water partition coefficient (Wildman–Crippen LogP) is 0.905. The summed E-state index contributed by atoms with van der Waals surface area (Å²) in [5.74, 6) is -0.0469. The largest absolute Gasteiger partial charge is 0.347 e. The molecule has 4 nitrogen and oxygen atoms in total. The first-order chi connectivity index (χ1) is 7.66. The third-order valence-corrected chi connectivity index (χ3v) is 3.63. The van der Waals surface area contributed by atoms with Crippen molar-refractivity contribution in [3.8, 4) is 0 Å². The fourth-order valence-electron chi connectivity index (χ4n) is 1.66. The van der Waals surface area contributed by atoms with E-state index in [1.54, 1.807) is 16.2 Å². The van der Waals surface area contributed by atoms with Crippen molar-refractivity contribution in [2.24, 2.45) is 0 Å². The van der Waals surface area contributed by atoms with Gasteiger partial charge in [-0.05, 0) is 28.8 Å². The number of carbonyl (C=O) groups is 2. The predicted molar refractivity (Wildman–Crippen MR) is 62.1 cm³/mol. The van der Waals surface area contributed by atoms with E-state index < -0.39 is 0 Å². The Balaban J connectivity index is 2.06. The topological polar surface area (TPSA) is 49.4 Å². The van der Waals surface area contributed by atoms with Crippen LogP contribution in [0.25, 0.3) is 0 Å². The summed E-state index contributed by atoms with van der Waals surface area (Å²) in [5.41, 5.74) is 2.38. The van der Waals surface area contributed by atoms with Crippen molar-refractivity contribution in [2.75, 3.05) is 13.1 Å². The summed E-state index contributed by atoms with van der Waals surface area (Å²) in [5, 5.41) is 6.72. The SMILES string of the molecule is Cc1cscc1CN1CCC(=O)NCC1=O. The van der Waals surface area contributed by atoms with Crippen LogP contribution in [0.5, 0.6) is 0 Å². The molecule has 0 aliphatic carbocycles. The van der Waals surface area contributed by atoms with Crippen LogP contribution in [0.3, 0.4) is 0 Å². The van der Waals surface area contributed by atoms with E-state index >= 15 is 0 Å². The summed E-state index contributed by atoms with van der Waals surface area (Å²) in [6, 6.07) is 0. The van der Waals surface area contributed by atoms with E-state index in [2.05, 4.69) is 16.1 Å². The minimum absolute atomic E-state index is 0.00329. The van der Waals surface area contributed by atoms with Crippen LogP contribution >= 0.6 is 11.3 Å². The summed E-state index contributed by atoms with van der Waals surface area (Å²) in [6.45, 7) is 3.29. The molecule has 5 heteroatoms. The zero-order chi connectivity index (χ0) is 11.5. The highest BCUT2D eigenvalue weighted by atomic mass is 32.1. The molecular formula is C11H14N2O2S. The second-order valence-electron chi connectivity index (χ2n) is 3.92. The molecular weight excluding hydrogens is 224 g/mol. The van der Waals surface area contributed by atoms with Gasteiger partial charge in [0.25, 0.3) is 0 Å². The Kier molecular flexibility index (Phi) is 3.24. The molecule has 1 aromatic rings. The quantitative estimate of drug-likeness (QED) is 0.832. The van der Waals surface area contributed by atoms with Crippen molar-refractivity contribution in [2.45, 2.75) is 19.9 Å². The van der Waals surface area contributed by atoms with Gasteiger partial charge in [-0.15, -0.1) is 0 Å². The van der Waals surface area contributed by atoms with Crippen LogP contribution in [0.15, 0.2) is 10.8 Å². The molecule has 1 N–H and O–H groups in total. The van der Waals surface area contributed by atoms with Gasteiger partial charge >= 0.3 is 0 Å². The average molecular weight is 238 g/mol. The molecule has 0 spiro atoms. The number of carbonyl (C=O) groups excluding carboxylic acids is 2. The number of amides is 2. The van der Waals surface area contributed by atoms with Crippen LogP contribution in [0.2, 0.25) is 0 Å². The molecule has 0 atom stereocenters. The third kappa shape index (κ3) is 2.41. The Morgan fingerprint density at radius 1 is 1.44 bits per heavy atom. The first-order valence-corrected chi connectivity index (χ1v) is 6.17. The van der Waals surface area contributed by atoms with Crippen molar-refractivity contribution < 1.29 is 9.59 Å². The number of hydrogen-bond acceptors (Lipinski definition) is 3. The first kappa shape index (κ1) is 11.1. The standard InChI is InChI=1S/C11H14N2O2S/c1-8-6-16-7-9(8)5-13-3-2-10(14)12-4-11(13)15/h6-7H,2-5H2,1H3,(H,12,14). The van der Waals surface area contributed by atoms with Gasteiger partial charge in [-0.25, -0.2) is 0 Å². The molecule has 2 heterocycles. The number of thiophene rings is 1. The fourth-order valence-corrected chi connectivity index (χ4v) is 2.51. The van der Waals surface area contributed by atoms with Crippen LogP contribution < -0.4 is 5.32 Å². The first-order valence-electron chi connectivity index (χ1n) is 5.23. The van der Waals surface area contributed by atoms with Gasteiger partial charge in [0.05, 0.1) is 6.54 Å². The number of nitrogens with one attached hydrogen (secondary N) is 1. The Bertz CT molecular complexity index is 414. The van der Waals surface area contributed by atoms with Gasteiger partial charge in [-0.1, -0.05) is 0 Å².